The number of aromatic nitrogens is 3. The van der Waals surface area contributed by atoms with Crippen molar-refractivity contribution in [1.82, 2.24) is 15.0 Å². The Balaban J connectivity index is 1.80. The van der Waals surface area contributed by atoms with Gasteiger partial charge in [-0.05, 0) is 25.7 Å². The van der Waals surface area contributed by atoms with Crippen molar-refractivity contribution in [3.63, 3.8) is 0 Å². The Hall–Kier alpha value is -1.67. The van der Waals surface area contributed by atoms with Crippen molar-refractivity contribution in [2.45, 2.75) is 31.2 Å². The zero-order valence-corrected chi connectivity index (χ0v) is 12.1. The minimum atomic E-state index is -0.436. The van der Waals surface area contributed by atoms with Crippen LogP contribution in [0.1, 0.15) is 25.7 Å². The predicted molar refractivity (Wildman–Crippen MR) is 79.2 cm³/mol. The van der Waals surface area contributed by atoms with Crippen LogP contribution in [0.5, 0.6) is 0 Å². The van der Waals surface area contributed by atoms with Crippen LogP contribution in [-0.2, 0) is 4.74 Å². The molecular formula is C13H22N6O2. The summed E-state index contributed by atoms with van der Waals surface area (Å²) in [7, 11) is 0. The summed E-state index contributed by atoms with van der Waals surface area (Å²) in [6.07, 6.45) is 3.72. The zero-order chi connectivity index (χ0) is 14.7. The Kier molecular flexibility index (Phi) is 4.07. The minimum Gasteiger partial charge on any atom is -0.394 e. The first-order chi connectivity index (χ1) is 10.2. The quantitative estimate of drug-likeness (QED) is 0.712. The van der Waals surface area contributed by atoms with Gasteiger partial charge in [0.05, 0.1) is 12.1 Å². The number of anilines is 3. The number of aliphatic hydroxyl groups is 1. The lowest BCUT2D eigenvalue weighted by Gasteiger charge is -2.36. The van der Waals surface area contributed by atoms with E-state index in [1.165, 1.54) is 0 Å². The number of aliphatic hydroxyl groups excluding tert-OH is 1. The number of nitrogens with one attached hydrogen (secondary N) is 1. The predicted octanol–water partition coefficient (Wildman–Crippen LogP) is 0.00740. The lowest BCUT2D eigenvalue weighted by Crippen LogP contribution is -2.47. The second-order valence-electron chi connectivity index (χ2n) is 5.69. The van der Waals surface area contributed by atoms with Gasteiger partial charge in [0.25, 0.3) is 0 Å². The summed E-state index contributed by atoms with van der Waals surface area (Å²) < 4.78 is 5.36. The minimum absolute atomic E-state index is 0.0149. The Morgan fingerprint density at radius 2 is 1.90 bits per heavy atom. The van der Waals surface area contributed by atoms with Crippen molar-refractivity contribution < 1.29 is 9.84 Å². The number of nitrogens with zero attached hydrogens (tertiary/aromatic N) is 4. The molecule has 2 saturated heterocycles. The largest absolute Gasteiger partial charge is 0.394 e. The molecule has 0 bridgehead atoms. The molecule has 8 nitrogen and oxygen atoms in total. The van der Waals surface area contributed by atoms with E-state index in [1.807, 2.05) is 0 Å². The van der Waals surface area contributed by atoms with Crippen LogP contribution < -0.4 is 16.0 Å². The fourth-order valence-corrected chi connectivity index (χ4v) is 2.82. The molecule has 0 radical (unpaired) electrons. The molecule has 2 fully saturated rings. The molecule has 0 amide bonds. The average Bonchev–Trinajstić information content (AvgIpc) is 3.02. The van der Waals surface area contributed by atoms with Crippen LogP contribution in [0, 0.1) is 0 Å². The summed E-state index contributed by atoms with van der Waals surface area (Å²) >= 11 is 0. The van der Waals surface area contributed by atoms with E-state index in [-0.39, 0.29) is 12.6 Å². The van der Waals surface area contributed by atoms with E-state index in [0.717, 1.165) is 25.9 Å². The molecule has 1 aromatic rings. The van der Waals surface area contributed by atoms with Crippen molar-refractivity contribution in [2.75, 3.05) is 48.9 Å². The summed E-state index contributed by atoms with van der Waals surface area (Å²) in [5.41, 5.74) is 5.36. The molecule has 3 rings (SSSR count). The molecule has 0 atom stereocenters. The highest BCUT2D eigenvalue weighted by Crippen LogP contribution is 2.25. The molecule has 0 aromatic carbocycles. The number of hydrogen-bond acceptors (Lipinski definition) is 8. The van der Waals surface area contributed by atoms with E-state index in [1.54, 1.807) is 0 Å². The number of rotatable bonds is 4. The van der Waals surface area contributed by atoms with Gasteiger partial charge in [0, 0.05) is 26.3 Å². The second-order valence-corrected chi connectivity index (χ2v) is 5.69. The van der Waals surface area contributed by atoms with Crippen molar-refractivity contribution >= 4 is 17.8 Å². The van der Waals surface area contributed by atoms with E-state index in [2.05, 4.69) is 25.2 Å². The van der Waals surface area contributed by atoms with E-state index in [4.69, 9.17) is 10.5 Å². The standard InChI is InChI=1S/C13H22N6O2/c14-10-15-11(17-12(16-10)19-5-1-2-6-19)18-13(9-20)3-7-21-8-4-13/h20H,1-9H2,(H3,14,15,16,17,18). The number of nitrogens with two attached hydrogens (primary N) is 1. The monoisotopic (exact) mass is 294 g/mol. The van der Waals surface area contributed by atoms with Gasteiger partial charge in [-0.3, -0.25) is 0 Å². The SMILES string of the molecule is Nc1nc(NC2(CO)CCOCC2)nc(N2CCCC2)n1. The maximum atomic E-state index is 9.72. The Labute approximate surface area is 123 Å². The highest BCUT2D eigenvalue weighted by Gasteiger charge is 2.33. The summed E-state index contributed by atoms with van der Waals surface area (Å²) in [6.45, 7) is 3.14. The molecular weight excluding hydrogens is 272 g/mol. The summed E-state index contributed by atoms with van der Waals surface area (Å²) in [4.78, 5) is 14.9. The molecule has 0 unspecified atom stereocenters. The van der Waals surface area contributed by atoms with Gasteiger partial charge in [-0.2, -0.15) is 15.0 Å². The van der Waals surface area contributed by atoms with Crippen LogP contribution in [-0.4, -0.2) is 58.5 Å². The maximum Gasteiger partial charge on any atom is 0.231 e. The third-order valence-corrected chi connectivity index (χ3v) is 4.16. The van der Waals surface area contributed by atoms with Gasteiger partial charge in [0.2, 0.25) is 17.8 Å². The molecule has 2 aliphatic rings. The molecule has 21 heavy (non-hydrogen) atoms. The maximum absolute atomic E-state index is 9.72. The Morgan fingerprint density at radius 3 is 2.57 bits per heavy atom. The molecule has 4 N–H and O–H groups in total. The molecule has 0 aliphatic carbocycles. The van der Waals surface area contributed by atoms with Gasteiger partial charge >= 0.3 is 0 Å². The van der Waals surface area contributed by atoms with E-state index >= 15 is 0 Å². The first-order valence-electron chi connectivity index (χ1n) is 7.44. The smallest absolute Gasteiger partial charge is 0.231 e. The zero-order valence-electron chi connectivity index (χ0n) is 12.1. The lowest BCUT2D eigenvalue weighted by atomic mass is 9.91. The van der Waals surface area contributed by atoms with Gasteiger partial charge in [0.15, 0.2) is 0 Å². The van der Waals surface area contributed by atoms with Gasteiger partial charge in [0.1, 0.15) is 0 Å². The van der Waals surface area contributed by atoms with Crippen LogP contribution >= 0.6 is 0 Å². The van der Waals surface area contributed by atoms with Crippen LogP contribution in [0.3, 0.4) is 0 Å². The van der Waals surface area contributed by atoms with Crippen LogP contribution in [0.2, 0.25) is 0 Å². The Morgan fingerprint density at radius 1 is 1.19 bits per heavy atom. The molecule has 0 spiro atoms. The number of hydrogen-bond donors (Lipinski definition) is 3. The molecule has 8 heteroatoms. The van der Waals surface area contributed by atoms with Gasteiger partial charge in [-0.25, -0.2) is 0 Å². The topological polar surface area (TPSA) is 109 Å². The number of nitrogen functional groups attached to an aromatic ring is 1. The summed E-state index contributed by atoms with van der Waals surface area (Å²) in [5, 5.41) is 13.0. The third kappa shape index (κ3) is 3.16. The van der Waals surface area contributed by atoms with E-state index in [0.29, 0.717) is 38.0 Å². The molecule has 0 saturated carbocycles. The van der Waals surface area contributed by atoms with Crippen LogP contribution in [0.15, 0.2) is 0 Å². The fourth-order valence-electron chi connectivity index (χ4n) is 2.82. The van der Waals surface area contributed by atoms with Crippen molar-refractivity contribution in [2.24, 2.45) is 0 Å². The summed E-state index contributed by atoms with van der Waals surface area (Å²) in [5.74, 6) is 1.25. The fraction of sp³-hybridized carbons (Fsp3) is 0.769. The highest BCUT2D eigenvalue weighted by atomic mass is 16.5. The lowest BCUT2D eigenvalue weighted by molar-refractivity contribution is 0.0377. The Bertz CT molecular complexity index is 486. The van der Waals surface area contributed by atoms with Crippen LogP contribution in [0.25, 0.3) is 0 Å². The highest BCUT2D eigenvalue weighted by molar-refractivity contribution is 5.43. The third-order valence-electron chi connectivity index (χ3n) is 4.16. The first kappa shape index (κ1) is 14.3. The summed E-state index contributed by atoms with van der Waals surface area (Å²) in [6, 6.07) is 0. The molecule has 3 heterocycles. The first-order valence-corrected chi connectivity index (χ1v) is 7.44. The number of ether oxygens (including phenoxy) is 1. The van der Waals surface area contributed by atoms with Crippen molar-refractivity contribution in [1.29, 1.82) is 0 Å². The average molecular weight is 294 g/mol. The van der Waals surface area contributed by atoms with Crippen molar-refractivity contribution in [3.8, 4) is 0 Å². The normalized spacial score (nSPS) is 21.5. The second kappa shape index (κ2) is 5.98. The van der Waals surface area contributed by atoms with E-state index < -0.39 is 5.54 Å². The van der Waals surface area contributed by atoms with Gasteiger partial charge < -0.3 is 25.8 Å². The van der Waals surface area contributed by atoms with E-state index in [9.17, 15) is 5.11 Å². The van der Waals surface area contributed by atoms with Gasteiger partial charge in [-0.1, -0.05) is 0 Å². The molecule has 2 aliphatic heterocycles. The molecule has 1 aromatic heterocycles. The van der Waals surface area contributed by atoms with Crippen molar-refractivity contribution in [3.05, 3.63) is 0 Å². The molecule has 116 valence electrons. The van der Waals surface area contributed by atoms with Crippen LogP contribution in [0.4, 0.5) is 17.8 Å². The van der Waals surface area contributed by atoms with Gasteiger partial charge in [-0.15, -0.1) is 0 Å².